The minimum absolute atomic E-state index is 0.115. The predicted octanol–water partition coefficient (Wildman–Crippen LogP) is 4.97. The maximum atomic E-state index is 13.7. The molecule has 5 rings (SSSR count). The van der Waals surface area contributed by atoms with Crippen LogP contribution in [0.1, 0.15) is 21.7 Å². The zero-order valence-electron chi connectivity index (χ0n) is 18.0. The molecule has 0 aliphatic carbocycles. The van der Waals surface area contributed by atoms with Crippen LogP contribution in [0.2, 0.25) is 0 Å². The van der Waals surface area contributed by atoms with E-state index in [4.69, 9.17) is 9.47 Å². The van der Waals surface area contributed by atoms with Crippen molar-refractivity contribution in [1.82, 2.24) is 9.78 Å². The maximum absolute atomic E-state index is 13.7. The van der Waals surface area contributed by atoms with E-state index >= 15 is 0 Å². The van der Waals surface area contributed by atoms with Crippen LogP contribution in [-0.4, -0.2) is 22.5 Å². The molecule has 3 aromatic carbocycles. The Labute approximate surface area is 186 Å². The third kappa shape index (κ3) is 3.83. The van der Waals surface area contributed by atoms with Gasteiger partial charge in [-0.15, -0.1) is 0 Å². The molecule has 4 aromatic rings. The quantitative estimate of drug-likeness (QED) is 0.453. The summed E-state index contributed by atoms with van der Waals surface area (Å²) in [5, 5.41) is 4.36. The first-order valence-corrected chi connectivity index (χ1v) is 10.4. The molecule has 160 valence electrons. The van der Waals surface area contributed by atoms with Crippen LogP contribution >= 0.6 is 0 Å². The lowest BCUT2D eigenvalue weighted by molar-refractivity contribution is 0.0976. The lowest BCUT2D eigenvalue weighted by atomic mass is 10.0. The summed E-state index contributed by atoms with van der Waals surface area (Å²) in [5.74, 6) is 1.31. The molecule has 1 aromatic heterocycles. The average Bonchev–Trinajstić information content (AvgIpc) is 3.42. The van der Waals surface area contributed by atoms with Crippen LogP contribution in [0.15, 0.2) is 78.9 Å². The largest absolute Gasteiger partial charge is 0.454 e. The van der Waals surface area contributed by atoms with Crippen molar-refractivity contribution < 1.29 is 14.3 Å². The molecule has 6 heteroatoms. The summed E-state index contributed by atoms with van der Waals surface area (Å²) in [6.07, 6.45) is 0. The van der Waals surface area contributed by atoms with E-state index in [9.17, 15) is 4.79 Å². The molecule has 1 aliphatic heterocycles. The Morgan fingerprint density at radius 1 is 0.938 bits per heavy atom. The molecule has 2 heterocycles. The fourth-order valence-corrected chi connectivity index (χ4v) is 3.94. The summed E-state index contributed by atoms with van der Waals surface area (Å²) < 4.78 is 12.6. The number of nitrogens with zero attached hydrogens (tertiary/aromatic N) is 3. The van der Waals surface area contributed by atoms with E-state index in [1.54, 1.807) is 16.6 Å². The molecular formula is C26H23N3O3. The van der Waals surface area contributed by atoms with E-state index in [0.29, 0.717) is 18.0 Å². The highest BCUT2D eigenvalue weighted by atomic mass is 16.7. The molecule has 1 amide bonds. The molecule has 0 saturated carbocycles. The van der Waals surface area contributed by atoms with Gasteiger partial charge in [-0.3, -0.25) is 9.48 Å². The fourth-order valence-electron chi connectivity index (χ4n) is 3.94. The van der Waals surface area contributed by atoms with Gasteiger partial charge in [0.25, 0.3) is 5.91 Å². The zero-order chi connectivity index (χ0) is 22.1. The summed E-state index contributed by atoms with van der Waals surface area (Å²) in [5.41, 5.74) is 5.25. The number of carbonyl (C=O) groups excluding carboxylic acids is 1. The fraction of sp³-hybridized carbons (Fsp3) is 0.154. The second kappa shape index (κ2) is 8.23. The van der Waals surface area contributed by atoms with E-state index in [-0.39, 0.29) is 12.7 Å². The minimum atomic E-state index is -0.115. The molecule has 0 spiro atoms. The van der Waals surface area contributed by atoms with Gasteiger partial charge >= 0.3 is 0 Å². The Morgan fingerprint density at radius 3 is 2.50 bits per heavy atom. The standard InChI is InChI=1S/C26H23N3O3/c1-18-13-23(28(2)27-18)26(30)29(16-19-11-12-24-25(14-19)32-17-31-24)22-10-6-9-21(15-22)20-7-4-3-5-8-20/h3-15H,16-17H2,1-2H3. The Balaban J connectivity index is 1.55. The molecule has 0 atom stereocenters. The number of ether oxygens (including phenoxy) is 2. The van der Waals surface area contributed by atoms with Gasteiger partial charge in [-0.2, -0.15) is 5.10 Å². The summed E-state index contributed by atoms with van der Waals surface area (Å²) in [7, 11) is 1.79. The maximum Gasteiger partial charge on any atom is 0.276 e. The van der Waals surface area contributed by atoms with Crippen LogP contribution in [0, 0.1) is 6.92 Å². The van der Waals surface area contributed by atoms with Crippen LogP contribution in [0.25, 0.3) is 11.1 Å². The minimum Gasteiger partial charge on any atom is -0.454 e. The first-order chi connectivity index (χ1) is 15.6. The van der Waals surface area contributed by atoms with Crippen molar-refractivity contribution in [3.8, 4) is 22.6 Å². The van der Waals surface area contributed by atoms with E-state index in [0.717, 1.165) is 33.8 Å². The van der Waals surface area contributed by atoms with Crippen molar-refractivity contribution in [2.45, 2.75) is 13.5 Å². The van der Waals surface area contributed by atoms with Crippen molar-refractivity contribution in [3.05, 3.63) is 95.8 Å². The van der Waals surface area contributed by atoms with Crippen molar-refractivity contribution in [2.75, 3.05) is 11.7 Å². The van der Waals surface area contributed by atoms with E-state index in [1.807, 2.05) is 67.6 Å². The van der Waals surface area contributed by atoms with E-state index in [1.165, 1.54) is 0 Å². The van der Waals surface area contributed by atoms with E-state index < -0.39 is 0 Å². The number of hydrogen-bond acceptors (Lipinski definition) is 4. The van der Waals surface area contributed by atoms with Crippen LogP contribution in [0.3, 0.4) is 0 Å². The number of benzene rings is 3. The van der Waals surface area contributed by atoms with Crippen molar-refractivity contribution >= 4 is 11.6 Å². The first-order valence-electron chi connectivity index (χ1n) is 10.4. The number of aromatic nitrogens is 2. The van der Waals surface area contributed by atoms with Crippen LogP contribution in [0.4, 0.5) is 5.69 Å². The summed E-state index contributed by atoms with van der Waals surface area (Å²) in [4.78, 5) is 15.5. The van der Waals surface area contributed by atoms with Gasteiger partial charge in [-0.25, -0.2) is 0 Å². The molecule has 0 bridgehead atoms. The van der Waals surface area contributed by atoms with Crippen molar-refractivity contribution in [1.29, 1.82) is 0 Å². The smallest absolute Gasteiger partial charge is 0.276 e. The number of hydrogen-bond donors (Lipinski definition) is 0. The molecule has 0 radical (unpaired) electrons. The van der Waals surface area contributed by atoms with Gasteiger partial charge in [0.2, 0.25) is 6.79 Å². The SMILES string of the molecule is Cc1cc(C(=O)N(Cc2ccc3c(c2)OCO3)c2cccc(-c3ccccc3)c2)n(C)n1. The molecule has 0 N–H and O–H groups in total. The molecule has 0 unspecified atom stereocenters. The highest BCUT2D eigenvalue weighted by Gasteiger charge is 2.23. The molecule has 0 fully saturated rings. The molecular weight excluding hydrogens is 402 g/mol. The van der Waals surface area contributed by atoms with Gasteiger partial charge in [-0.1, -0.05) is 48.5 Å². The third-order valence-corrected chi connectivity index (χ3v) is 5.51. The molecule has 0 saturated heterocycles. The number of fused-ring (bicyclic) bond motifs is 1. The summed E-state index contributed by atoms with van der Waals surface area (Å²) in [6, 6.07) is 25.8. The van der Waals surface area contributed by atoms with Gasteiger partial charge in [0.1, 0.15) is 5.69 Å². The summed E-state index contributed by atoms with van der Waals surface area (Å²) >= 11 is 0. The number of anilines is 1. The molecule has 6 nitrogen and oxygen atoms in total. The normalized spacial score (nSPS) is 12.1. The van der Waals surface area contributed by atoms with Gasteiger partial charge in [0, 0.05) is 12.7 Å². The molecule has 32 heavy (non-hydrogen) atoms. The summed E-state index contributed by atoms with van der Waals surface area (Å²) in [6.45, 7) is 2.49. The Hall–Kier alpha value is -4.06. The highest BCUT2D eigenvalue weighted by molar-refractivity contribution is 6.05. The van der Waals surface area contributed by atoms with E-state index in [2.05, 4.69) is 23.3 Å². The lowest BCUT2D eigenvalue weighted by Gasteiger charge is -2.24. The Morgan fingerprint density at radius 2 is 1.72 bits per heavy atom. The Kier molecular flexibility index (Phi) is 5.11. The van der Waals surface area contributed by atoms with Crippen LogP contribution < -0.4 is 14.4 Å². The number of amides is 1. The lowest BCUT2D eigenvalue weighted by Crippen LogP contribution is -2.32. The highest BCUT2D eigenvalue weighted by Crippen LogP contribution is 2.34. The van der Waals surface area contributed by atoms with Crippen LogP contribution in [0.5, 0.6) is 11.5 Å². The van der Waals surface area contributed by atoms with Crippen molar-refractivity contribution in [2.24, 2.45) is 7.05 Å². The third-order valence-electron chi connectivity index (χ3n) is 5.51. The number of rotatable bonds is 5. The van der Waals surface area contributed by atoms with Gasteiger partial charge in [0.15, 0.2) is 11.5 Å². The first kappa shape index (κ1) is 19.9. The molecule has 1 aliphatic rings. The average molecular weight is 425 g/mol. The topological polar surface area (TPSA) is 56.6 Å². The number of aryl methyl sites for hydroxylation is 2. The second-order valence-corrected chi connectivity index (χ2v) is 7.79. The van der Waals surface area contributed by atoms with Gasteiger partial charge < -0.3 is 14.4 Å². The number of carbonyl (C=O) groups is 1. The second-order valence-electron chi connectivity index (χ2n) is 7.79. The predicted molar refractivity (Wildman–Crippen MR) is 123 cm³/mol. The van der Waals surface area contributed by atoms with Gasteiger partial charge in [-0.05, 0) is 53.9 Å². The van der Waals surface area contributed by atoms with Crippen molar-refractivity contribution in [3.63, 3.8) is 0 Å². The zero-order valence-corrected chi connectivity index (χ0v) is 18.0. The van der Waals surface area contributed by atoms with Gasteiger partial charge in [0.05, 0.1) is 12.2 Å². The monoisotopic (exact) mass is 425 g/mol. The Bertz CT molecular complexity index is 1280. The van der Waals surface area contributed by atoms with Crippen LogP contribution in [-0.2, 0) is 13.6 Å².